The molecule has 1 amide bonds. The topological polar surface area (TPSA) is 20.3 Å². The van der Waals surface area contributed by atoms with Crippen LogP contribution in [0.15, 0.2) is 0 Å². The monoisotopic (exact) mass is 273 g/mol. The van der Waals surface area contributed by atoms with Crippen LogP contribution in [0.5, 0.6) is 0 Å². The van der Waals surface area contributed by atoms with Crippen LogP contribution in [-0.2, 0) is 4.79 Å². The normalized spacial score (nSPS) is 23.7. The Morgan fingerprint density at radius 2 is 2.14 bits per heavy atom. The Morgan fingerprint density at radius 1 is 1.50 bits per heavy atom. The smallest absolute Gasteiger partial charge is 0.341 e. The SMILES string of the molecule is O=C(CC(F)(F)F)N1CCCC(Br)C1. The summed E-state index contributed by atoms with van der Waals surface area (Å²) in [6.07, 6.45) is -4.06. The Morgan fingerprint density at radius 3 is 2.64 bits per heavy atom. The van der Waals surface area contributed by atoms with Crippen molar-refractivity contribution in [2.75, 3.05) is 13.1 Å². The minimum Gasteiger partial charge on any atom is -0.341 e. The summed E-state index contributed by atoms with van der Waals surface area (Å²) in [7, 11) is 0. The van der Waals surface area contributed by atoms with E-state index in [1.54, 1.807) is 0 Å². The Labute approximate surface area is 88.6 Å². The van der Waals surface area contributed by atoms with Crippen molar-refractivity contribution < 1.29 is 18.0 Å². The van der Waals surface area contributed by atoms with Crippen molar-refractivity contribution in [2.45, 2.75) is 30.3 Å². The van der Waals surface area contributed by atoms with Gasteiger partial charge in [0.05, 0.1) is 0 Å². The quantitative estimate of drug-likeness (QED) is 0.672. The van der Waals surface area contributed by atoms with Crippen LogP contribution in [0.4, 0.5) is 13.2 Å². The van der Waals surface area contributed by atoms with Gasteiger partial charge in [0.2, 0.25) is 5.91 Å². The number of rotatable bonds is 1. The first-order chi connectivity index (χ1) is 6.38. The van der Waals surface area contributed by atoms with Crippen LogP contribution in [0.2, 0.25) is 0 Å². The van der Waals surface area contributed by atoms with E-state index in [-0.39, 0.29) is 4.83 Å². The molecular weight excluding hydrogens is 263 g/mol. The summed E-state index contributed by atoms with van der Waals surface area (Å²) in [5.41, 5.74) is 0. The molecular formula is C8H11BrF3NO. The van der Waals surface area contributed by atoms with Crippen molar-refractivity contribution in [3.05, 3.63) is 0 Å². The van der Waals surface area contributed by atoms with E-state index in [0.717, 1.165) is 12.8 Å². The van der Waals surface area contributed by atoms with Crippen LogP contribution < -0.4 is 0 Å². The summed E-state index contributed by atoms with van der Waals surface area (Å²) in [4.78, 5) is 12.6. The Balaban J connectivity index is 2.44. The lowest BCUT2D eigenvalue weighted by molar-refractivity contribution is -0.161. The molecule has 1 heterocycles. The predicted octanol–water partition coefficient (Wildman–Crippen LogP) is 2.32. The first-order valence-electron chi connectivity index (χ1n) is 4.37. The largest absolute Gasteiger partial charge is 0.397 e. The first kappa shape index (κ1) is 11.8. The number of likely N-dealkylation sites (tertiary alicyclic amines) is 1. The molecule has 0 aliphatic carbocycles. The third-order valence-electron chi connectivity index (χ3n) is 2.07. The third-order valence-corrected chi connectivity index (χ3v) is 2.82. The molecule has 1 aliphatic rings. The summed E-state index contributed by atoms with van der Waals surface area (Å²) in [6, 6.07) is 0. The van der Waals surface area contributed by atoms with Gasteiger partial charge in [0, 0.05) is 17.9 Å². The zero-order valence-electron chi connectivity index (χ0n) is 7.48. The standard InChI is InChI=1S/C8H11BrF3NO/c9-6-2-1-3-13(5-6)7(14)4-8(10,11)12/h6H,1-5H2. The molecule has 1 rings (SSSR count). The highest BCUT2D eigenvalue weighted by Crippen LogP contribution is 2.23. The maximum atomic E-state index is 11.9. The number of hydrogen-bond acceptors (Lipinski definition) is 1. The van der Waals surface area contributed by atoms with Gasteiger partial charge >= 0.3 is 6.18 Å². The minimum absolute atomic E-state index is 0.133. The van der Waals surface area contributed by atoms with Gasteiger partial charge in [0.15, 0.2) is 0 Å². The molecule has 2 nitrogen and oxygen atoms in total. The molecule has 0 aromatic rings. The second-order valence-corrected chi connectivity index (χ2v) is 4.67. The highest BCUT2D eigenvalue weighted by molar-refractivity contribution is 9.09. The predicted molar refractivity (Wildman–Crippen MR) is 49.2 cm³/mol. The molecule has 1 unspecified atom stereocenters. The molecule has 0 radical (unpaired) electrons. The van der Waals surface area contributed by atoms with Crippen LogP contribution in [0.3, 0.4) is 0 Å². The van der Waals surface area contributed by atoms with Crippen molar-refractivity contribution >= 4 is 21.8 Å². The molecule has 14 heavy (non-hydrogen) atoms. The number of alkyl halides is 4. The first-order valence-corrected chi connectivity index (χ1v) is 5.28. The number of hydrogen-bond donors (Lipinski definition) is 0. The van der Waals surface area contributed by atoms with E-state index in [9.17, 15) is 18.0 Å². The van der Waals surface area contributed by atoms with E-state index < -0.39 is 18.5 Å². The summed E-state index contributed by atoms with van der Waals surface area (Å²) in [5.74, 6) is -0.818. The second-order valence-electron chi connectivity index (χ2n) is 3.37. The Kier molecular flexibility index (Phi) is 3.80. The molecule has 82 valence electrons. The number of carbonyl (C=O) groups excluding carboxylic acids is 1. The fourth-order valence-corrected chi connectivity index (χ4v) is 2.11. The van der Waals surface area contributed by atoms with Crippen molar-refractivity contribution in [3.8, 4) is 0 Å². The van der Waals surface area contributed by atoms with E-state index in [4.69, 9.17) is 0 Å². The molecule has 0 aromatic carbocycles. The number of carbonyl (C=O) groups is 1. The molecule has 0 N–H and O–H groups in total. The third kappa shape index (κ3) is 3.86. The summed E-state index contributed by atoms with van der Waals surface area (Å²) in [5, 5.41) is 0. The molecule has 0 saturated carbocycles. The minimum atomic E-state index is -4.39. The summed E-state index contributed by atoms with van der Waals surface area (Å²) < 4.78 is 35.7. The lowest BCUT2D eigenvalue weighted by Gasteiger charge is -2.30. The molecule has 0 aromatic heterocycles. The van der Waals surface area contributed by atoms with Gasteiger partial charge < -0.3 is 4.90 Å². The lowest BCUT2D eigenvalue weighted by Crippen LogP contribution is -2.41. The van der Waals surface area contributed by atoms with Crippen molar-refractivity contribution in [1.29, 1.82) is 0 Å². The lowest BCUT2D eigenvalue weighted by atomic mass is 10.1. The average molecular weight is 274 g/mol. The highest BCUT2D eigenvalue weighted by Gasteiger charge is 2.34. The Bertz CT molecular complexity index is 219. The van der Waals surface area contributed by atoms with Gasteiger partial charge in [-0.3, -0.25) is 4.79 Å². The van der Waals surface area contributed by atoms with E-state index in [1.807, 2.05) is 0 Å². The van der Waals surface area contributed by atoms with Gasteiger partial charge in [-0.1, -0.05) is 15.9 Å². The van der Waals surface area contributed by atoms with Gasteiger partial charge in [-0.05, 0) is 12.8 Å². The van der Waals surface area contributed by atoms with Crippen molar-refractivity contribution in [3.63, 3.8) is 0 Å². The zero-order valence-corrected chi connectivity index (χ0v) is 9.07. The van der Waals surface area contributed by atoms with Gasteiger partial charge in [-0.15, -0.1) is 0 Å². The molecule has 1 aliphatic heterocycles. The Hall–Kier alpha value is -0.260. The molecule has 6 heteroatoms. The molecule has 1 saturated heterocycles. The highest BCUT2D eigenvalue weighted by atomic mass is 79.9. The van der Waals surface area contributed by atoms with Crippen LogP contribution in [0.25, 0.3) is 0 Å². The van der Waals surface area contributed by atoms with E-state index >= 15 is 0 Å². The van der Waals surface area contributed by atoms with Crippen LogP contribution in [0.1, 0.15) is 19.3 Å². The number of piperidine rings is 1. The van der Waals surface area contributed by atoms with Crippen LogP contribution in [0, 0.1) is 0 Å². The van der Waals surface area contributed by atoms with E-state index in [2.05, 4.69) is 15.9 Å². The number of nitrogens with zero attached hydrogens (tertiary/aromatic N) is 1. The van der Waals surface area contributed by atoms with Crippen LogP contribution in [-0.4, -0.2) is 34.9 Å². The molecule has 0 bridgehead atoms. The van der Waals surface area contributed by atoms with Gasteiger partial charge in [0.1, 0.15) is 6.42 Å². The average Bonchev–Trinajstić information content (AvgIpc) is 2.01. The molecule has 1 fully saturated rings. The fourth-order valence-electron chi connectivity index (χ4n) is 1.44. The molecule has 1 atom stereocenters. The summed E-state index contributed by atoms with van der Waals surface area (Å²) >= 11 is 3.30. The van der Waals surface area contributed by atoms with Crippen molar-refractivity contribution in [2.24, 2.45) is 0 Å². The number of amides is 1. The fraction of sp³-hybridized carbons (Fsp3) is 0.875. The van der Waals surface area contributed by atoms with Gasteiger partial charge in [-0.2, -0.15) is 13.2 Å². The van der Waals surface area contributed by atoms with Crippen LogP contribution >= 0.6 is 15.9 Å². The van der Waals surface area contributed by atoms with Gasteiger partial charge in [0.25, 0.3) is 0 Å². The zero-order chi connectivity index (χ0) is 10.8. The maximum absolute atomic E-state index is 11.9. The van der Waals surface area contributed by atoms with E-state index in [0.29, 0.717) is 13.1 Å². The van der Waals surface area contributed by atoms with Crippen molar-refractivity contribution in [1.82, 2.24) is 4.90 Å². The second kappa shape index (κ2) is 4.51. The van der Waals surface area contributed by atoms with E-state index in [1.165, 1.54) is 4.90 Å². The van der Waals surface area contributed by atoms with Gasteiger partial charge in [-0.25, -0.2) is 0 Å². The summed E-state index contributed by atoms with van der Waals surface area (Å²) in [6.45, 7) is 0.825. The number of halogens is 4. The maximum Gasteiger partial charge on any atom is 0.397 e. The molecule has 0 spiro atoms.